The smallest absolute Gasteiger partial charge is 0.273 e. The maximum atomic E-state index is 12.2. The van der Waals surface area contributed by atoms with Crippen LogP contribution in [0.1, 0.15) is 34.5 Å². The van der Waals surface area contributed by atoms with Crippen LogP contribution in [0, 0.1) is 0 Å². The van der Waals surface area contributed by atoms with Crippen molar-refractivity contribution in [2.24, 2.45) is 0 Å². The summed E-state index contributed by atoms with van der Waals surface area (Å²) in [4.78, 5) is 12.2. The number of rotatable bonds is 6. The third-order valence-corrected chi connectivity index (χ3v) is 3.90. The lowest BCUT2D eigenvalue weighted by atomic mass is 10.0. The van der Waals surface area contributed by atoms with Gasteiger partial charge in [-0.15, -0.1) is 5.10 Å². The first-order valence-electron chi connectivity index (χ1n) is 7.99. The molecule has 0 radical (unpaired) electrons. The molecule has 5 heteroatoms. The van der Waals surface area contributed by atoms with Crippen LogP contribution >= 0.6 is 0 Å². The molecule has 0 saturated carbocycles. The average molecular weight is 320 g/mol. The van der Waals surface area contributed by atoms with Gasteiger partial charge in [0, 0.05) is 6.54 Å². The van der Waals surface area contributed by atoms with Gasteiger partial charge >= 0.3 is 0 Å². The van der Waals surface area contributed by atoms with Gasteiger partial charge in [0.05, 0.1) is 12.7 Å². The lowest BCUT2D eigenvalue weighted by Gasteiger charge is -2.12. The molecule has 0 aliphatic heterocycles. The first kappa shape index (κ1) is 15.9. The second-order valence-corrected chi connectivity index (χ2v) is 5.81. The lowest BCUT2D eigenvalue weighted by Crippen LogP contribution is -2.27. The zero-order chi connectivity index (χ0) is 16.8. The second kappa shape index (κ2) is 7.55. The van der Waals surface area contributed by atoms with E-state index in [2.05, 4.69) is 34.7 Å². The van der Waals surface area contributed by atoms with Crippen LogP contribution in [0.25, 0.3) is 0 Å². The molecule has 0 bridgehead atoms. The van der Waals surface area contributed by atoms with Gasteiger partial charge in [-0.1, -0.05) is 72.8 Å². The van der Waals surface area contributed by atoms with E-state index in [4.69, 9.17) is 0 Å². The van der Waals surface area contributed by atoms with Crippen molar-refractivity contribution in [2.75, 3.05) is 6.54 Å². The van der Waals surface area contributed by atoms with Crippen molar-refractivity contribution in [1.29, 1.82) is 0 Å². The van der Waals surface area contributed by atoms with Gasteiger partial charge in [-0.25, -0.2) is 4.68 Å². The normalized spacial score (nSPS) is 11.9. The summed E-state index contributed by atoms with van der Waals surface area (Å²) in [5.74, 6) is 0.0478. The predicted octanol–water partition coefficient (Wildman–Crippen LogP) is 2.86. The summed E-state index contributed by atoms with van der Waals surface area (Å²) in [6, 6.07) is 20.1. The fraction of sp³-hybridized carbons (Fsp3) is 0.211. The Balaban J connectivity index is 1.56. The molecule has 1 amide bonds. The molecule has 0 aliphatic rings. The minimum absolute atomic E-state index is 0.197. The van der Waals surface area contributed by atoms with Crippen molar-refractivity contribution in [3.8, 4) is 0 Å². The van der Waals surface area contributed by atoms with Crippen LogP contribution < -0.4 is 5.32 Å². The Bertz CT molecular complexity index is 783. The van der Waals surface area contributed by atoms with Gasteiger partial charge in [-0.05, 0) is 17.0 Å². The number of hydrogen-bond acceptors (Lipinski definition) is 3. The lowest BCUT2D eigenvalue weighted by molar-refractivity contribution is 0.0946. The van der Waals surface area contributed by atoms with Crippen molar-refractivity contribution in [3.05, 3.63) is 83.7 Å². The Morgan fingerprint density at radius 1 is 1.08 bits per heavy atom. The molecule has 3 rings (SSSR count). The number of hydrogen-bond donors (Lipinski definition) is 1. The Morgan fingerprint density at radius 3 is 2.46 bits per heavy atom. The number of nitrogens with one attached hydrogen (secondary N) is 1. The first-order valence-corrected chi connectivity index (χ1v) is 7.99. The van der Waals surface area contributed by atoms with E-state index in [1.54, 1.807) is 10.9 Å². The Kier molecular flexibility index (Phi) is 5.01. The maximum Gasteiger partial charge on any atom is 0.273 e. The Labute approximate surface area is 141 Å². The van der Waals surface area contributed by atoms with E-state index in [9.17, 15) is 4.79 Å². The predicted molar refractivity (Wildman–Crippen MR) is 92.8 cm³/mol. The summed E-state index contributed by atoms with van der Waals surface area (Å²) in [5.41, 5.74) is 2.66. The summed E-state index contributed by atoms with van der Waals surface area (Å²) in [6.45, 7) is 3.25. The third kappa shape index (κ3) is 4.07. The van der Waals surface area contributed by atoms with E-state index >= 15 is 0 Å². The monoisotopic (exact) mass is 320 g/mol. The van der Waals surface area contributed by atoms with Crippen LogP contribution in [-0.2, 0) is 6.54 Å². The van der Waals surface area contributed by atoms with E-state index in [-0.39, 0.29) is 11.8 Å². The van der Waals surface area contributed by atoms with E-state index in [0.717, 1.165) is 5.56 Å². The molecule has 24 heavy (non-hydrogen) atoms. The van der Waals surface area contributed by atoms with Crippen molar-refractivity contribution >= 4 is 5.91 Å². The number of carbonyl (C=O) groups excluding carboxylic acids is 1. The number of amides is 1. The summed E-state index contributed by atoms with van der Waals surface area (Å²) >= 11 is 0. The summed E-state index contributed by atoms with van der Waals surface area (Å²) in [5, 5.41) is 10.9. The minimum atomic E-state index is -0.197. The molecule has 0 saturated heterocycles. The summed E-state index contributed by atoms with van der Waals surface area (Å²) in [7, 11) is 0. The van der Waals surface area contributed by atoms with Gasteiger partial charge in [0.1, 0.15) is 0 Å². The summed E-state index contributed by atoms with van der Waals surface area (Å²) in [6.07, 6.45) is 1.68. The topological polar surface area (TPSA) is 59.8 Å². The van der Waals surface area contributed by atoms with Gasteiger partial charge in [-0.2, -0.15) is 0 Å². The van der Waals surface area contributed by atoms with Crippen LogP contribution in [0.15, 0.2) is 66.9 Å². The molecule has 5 nitrogen and oxygen atoms in total. The van der Waals surface area contributed by atoms with E-state index in [0.29, 0.717) is 18.8 Å². The van der Waals surface area contributed by atoms with Crippen LogP contribution in [0.3, 0.4) is 0 Å². The maximum absolute atomic E-state index is 12.2. The number of benzene rings is 2. The number of aromatic nitrogens is 3. The van der Waals surface area contributed by atoms with E-state index in [1.807, 2.05) is 48.5 Å². The largest absolute Gasteiger partial charge is 0.350 e. The highest BCUT2D eigenvalue weighted by atomic mass is 16.2. The van der Waals surface area contributed by atoms with Gasteiger partial charge in [0.2, 0.25) is 0 Å². The number of nitrogens with zero attached hydrogens (tertiary/aromatic N) is 3. The van der Waals surface area contributed by atoms with E-state index < -0.39 is 0 Å². The van der Waals surface area contributed by atoms with Gasteiger partial charge in [0.15, 0.2) is 5.69 Å². The standard InChI is InChI=1S/C19H20N4O/c1-15(17-10-6-3-7-11-17)12-20-19(24)18-14-23(22-21-18)13-16-8-4-2-5-9-16/h2-11,14-15H,12-13H2,1H3,(H,20,24). The third-order valence-electron chi connectivity index (χ3n) is 3.90. The highest BCUT2D eigenvalue weighted by molar-refractivity contribution is 5.91. The van der Waals surface area contributed by atoms with Crippen molar-refractivity contribution in [1.82, 2.24) is 20.3 Å². The molecule has 1 atom stereocenters. The molecular formula is C19H20N4O. The molecular weight excluding hydrogens is 300 g/mol. The highest BCUT2D eigenvalue weighted by Crippen LogP contribution is 2.13. The van der Waals surface area contributed by atoms with Crippen LogP contribution in [-0.4, -0.2) is 27.4 Å². The fourth-order valence-electron chi connectivity index (χ4n) is 2.49. The molecule has 1 heterocycles. The molecule has 1 N–H and O–H groups in total. The van der Waals surface area contributed by atoms with Crippen molar-refractivity contribution < 1.29 is 4.79 Å². The fourth-order valence-corrected chi connectivity index (χ4v) is 2.49. The van der Waals surface area contributed by atoms with Gasteiger partial charge < -0.3 is 5.32 Å². The first-order chi connectivity index (χ1) is 11.7. The van der Waals surface area contributed by atoms with Crippen LogP contribution in [0.5, 0.6) is 0 Å². The molecule has 1 unspecified atom stereocenters. The molecule has 122 valence electrons. The summed E-state index contributed by atoms with van der Waals surface area (Å²) < 4.78 is 1.67. The van der Waals surface area contributed by atoms with Crippen molar-refractivity contribution in [3.63, 3.8) is 0 Å². The molecule has 0 spiro atoms. The second-order valence-electron chi connectivity index (χ2n) is 5.81. The van der Waals surface area contributed by atoms with Crippen molar-refractivity contribution in [2.45, 2.75) is 19.4 Å². The van der Waals surface area contributed by atoms with Gasteiger partial charge in [-0.3, -0.25) is 4.79 Å². The van der Waals surface area contributed by atoms with Gasteiger partial charge in [0.25, 0.3) is 5.91 Å². The molecule has 0 fully saturated rings. The highest BCUT2D eigenvalue weighted by Gasteiger charge is 2.12. The van der Waals surface area contributed by atoms with Crippen LogP contribution in [0.4, 0.5) is 0 Å². The SMILES string of the molecule is CC(CNC(=O)c1cn(Cc2ccccc2)nn1)c1ccccc1. The zero-order valence-electron chi connectivity index (χ0n) is 13.6. The minimum Gasteiger partial charge on any atom is -0.350 e. The Morgan fingerprint density at radius 2 is 1.75 bits per heavy atom. The molecule has 1 aromatic heterocycles. The average Bonchev–Trinajstić information content (AvgIpc) is 3.09. The zero-order valence-corrected chi connectivity index (χ0v) is 13.6. The quantitative estimate of drug-likeness (QED) is 0.760. The molecule has 3 aromatic rings. The Hall–Kier alpha value is -2.95. The molecule has 2 aromatic carbocycles. The number of carbonyl (C=O) groups is 1. The van der Waals surface area contributed by atoms with Crippen LogP contribution in [0.2, 0.25) is 0 Å². The van der Waals surface area contributed by atoms with E-state index in [1.165, 1.54) is 5.56 Å². The molecule has 0 aliphatic carbocycles.